The number of hydrogen-bond acceptors (Lipinski definition) is 2. The van der Waals surface area contributed by atoms with Gasteiger partial charge in [0.25, 0.3) is 0 Å². The average molecular weight is 252 g/mol. The van der Waals surface area contributed by atoms with Gasteiger partial charge in [-0.05, 0) is 32.2 Å². The Labute approximate surface area is 111 Å². The zero-order chi connectivity index (χ0) is 13.0. The molecule has 3 nitrogen and oxygen atoms in total. The lowest BCUT2D eigenvalue weighted by molar-refractivity contribution is -0.138. The number of piperidine rings is 1. The normalized spacial score (nSPS) is 31.1. The molecule has 2 atom stereocenters. The topological polar surface area (TPSA) is 32.3 Å². The fraction of sp³-hybridized carbons (Fsp3) is 0.933. The molecule has 0 radical (unpaired) electrons. The zero-order valence-corrected chi connectivity index (χ0v) is 12.0. The molecule has 104 valence electrons. The molecule has 3 heteroatoms. The Morgan fingerprint density at radius 2 is 1.78 bits per heavy atom. The summed E-state index contributed by atoms with van der Waals surface area (Å²) in [6, 6.07) is 0.586. The van der Waals surface area contributed by atoms with Gasteiger partial charge in [-0.25, -0.2) is 0 Å². The molecule has 0 aromatic heterocycles. The smallest absolute Gasteiger partial charge is 0.225 e. The van der Waals surface area contributed by atoms with Gasteiger partial charge in [0.2, 0.25) is 5.91 Å². The minimum Gasteiger partial charge on any atom is -0.342 e. The van der Waals surface area contributed by atoms with Gasteiger partial charge in [-0.3, -0.25) is 4.79 Å². The first-order chi connectivity index (χ1) is 8.72. The van der Waals surface area contributed by atoms with E-state index in [-0.39, 0.29) is 0 Å². The van der Waals surface area contributed by atoms with Crippen molar-refractivity contribution in [2.75, 3.05) is 20.1 Å². The standard InChI is InChI=1S/C15H28N2O/c1-12-11-17(10-9-14(12)16-2)15(18)13-7-5-3-4-6-8-13/h12-14,16H,3-11H2,1-2H3. The third-order valence-corrected chi connectivity index (χ3v) is 4.79. The van der Waals surface area contributed by atoms with Crippen LogP contribution in [0.15, 0.2) is 0 Å². The Balaban J connectivity index is 1.89. The Morgan fingerprint density at radius 3 is 2.33 bits per heavy atom. The fourth-order valence-electron chi connectivity index (χ4n) is 3.56. The summed E-state index contributed by atoms with van der Waals surface area (Å²) in [4.78, 5) is 14.7. The number of hydrogen-bond donors (Lipinski definition) is 1. The van der Waals surface area contributed by atoms with Crippen LogP contribution in [0.4, 0.5) is 0 Å². The van der Waals surface area contributed by atoms with Crippen molar-refractivity contribution in [3.63, 3.8) is 0 Å². The molecule has 18 heavy (non-hydrogen) atoms. The largest absolute Gasteiger partial charge is 0.342 e. The highest BCUT2D eigenvalue weighted by Gasteiger charge is 2.31. The number of carbonyl (C=O) groups excluding carboxylic acids is 1. The summed E-state index contributed by atoms with van der Waals surface area (Å²) in [6.07, 6.45) is 8.50. The quantitative estimate of drug-likeness (QED) is 0.766. The molecule has 1 saturated heterocycles. The number of rotatable bonds is 2. The van der Waals surface area contributed by atoms with E-state index in [0.29, 0.717) is 23.8 Å². The van der Waals surface area contributed by atoms with Crippen LogP contribution in [0.25, 0.3) is 0 Å². The maximum atomic E-state index is 12.6. The van der Waals surface area contributed by atoms with Crippen molar-refractivity contribution in [2.45, 2.75) is 57.9 Å². The Morgan fingerprint density at radius 1 is 1.11 bits per heavy atom. The van der Waals surface area contributed by atoms with Crippen molar-refractivity contribution in [3.05, 3.63) is 0 Å². The highest BCUT2D eigenvalue weighted by Crippen LogP contribution is 2.26. The molecule has 1 N–H and O–H groups in total. The fourth-order valence-corrected chi connectivity index (χ4v) is 3.56. The van der Waals surface area contributed by atoms with Crippen LogP contribution in [-0.2, 0) is 4.79 Å². The molecule has 1 aliphatic heterocycles. The first kappa shape index (κ1) is 13.9. The summed E-state index contributed by atoms with van der Waals surface area (Å²) < 4.78 is 0. The number of nitrogens with one attached hydrogen (secondary N) is 1. The lowest BCUT2D eigenvalue weighted by atomic mass is 9.91. The average Bonchev–Trinajstić information content (AvgIpc) is 2.66. The van der Waals surface area contributed by atoms with Gasteiger partial charge in [0.1, 0.15) is 0 Å². The van der Waals surface area contributed by atoms with Crippen LogP contribution < -0.4 is 5.32 Å². The van der Waals surface area contributed by atoms with E-state index in [2.05, 4.69) is 17.1 Å². The molecule has 2 fully saturated rings. The Hall–Kier alpha value is -0.570. The second-order valence-electron chi connectivity index (χ2n) is 6.13. The molecule has 1 saturated carbocycles. The first-order valence-corrected chi connectivity index (χ1v) is 7.68. The molecular weight excluding hydrogens is 224 g/mol. The number of amides is 1. The molecule has 2 unspecified atom stereocenters. The summed E-state index contributed by atoms with van der Waals surface area (Å²) in [6.45, 7) is 4.15. The zero-order valence-electron chi connectivity index (χ0n) is 12.0. The second kappa shape index (κ2) is 6.55. The van der Waals surface area contributed by atoms with Gasteiger partial charge in [0.15, 0.2) is 0 Å². The summed E-state index contributed by atoms with van der Waals surface area (Å²) in [5.74, 6) is 1.35. The van der Waals surface area contributed by atoms with Crippen LogP contribution in [-0.4, -0.2) is 37.0 Å². The lowest BCUT2D eigenvalue weighted by Crippen LogP contribution is -2.50. The van der Waals surface area contributed by atoms with E-state index < -0.39 is 0 Å². The van der Waals surface area contributed by atoms with Gasteiger partial charge < -0.3 is 10.2 Å². The monoisotopic (exact) mass is 252 g/mol. The van der Waals surface area contributed by atoms with E-state index in [4.69, 9.17) is 0 Å². The summed E-state index contributed by atoms with van der Waals surface area (Å²) in [5.41, 5.74) is 0. The van der Waals surface area contributed by atoms with Crippen molar-refractivity contribution in [2.24, 2.45) is 11.8 Å². The third-order valence-electron chi connectivity index (χ3n) is 4.79. The number of carbonyl (C=O) groups is 1. The molecule has 0 spiro atoms. The van der Waals surface area contributed by atoms with Gasteiger partial charge in [-0.15, -0.1) is 0 Å². The van der Waals surface area contributed by atoms with E-state index in [1.165, 1.54) is 25.7 Å². The van der Waals surface area contributed by atoms with E-state index in [1.54, 1.807) is 0 Å². The van der Waals surface area contributed by atoms with Crippen molar-refractivity contribution in [1.29, 1.82) is 0 Å². The van der Waals surface area contributed by atoms with Gasteiger partial charge >= 0.3 is 0 Å². The Bertz CT molecular complexity index is 272. The number of nitrogens with zero attached hydrogens (tertiary/aromatic N) is 1. The molecule has 1 heterocycles. The second-order valence-corrected chi connectivity index (χ2v) is 6.13. The van der Waals surface area contributed by atoms with E-state index in [1.807, 2.05) is 7.05 Å². The Kier molecular flexibility index (Phi) is 5.04. The molecule has 0 bridgehead atoms. The van der Waals surface area contributed by atoms with Crippen LogP contribution >= 0.6 is 0 Å². The molecule has 2 aliphatic rings. The maximum Gasteiger partial charge on any atom is 0.225 e. The summed E-state index contributed by atoms with van der Waals surface area (Å²) in [5, 5.41) is 3.36. The van der Waals surface area contributed by atoms with Crippen LogP contribution in [0.2, 0.25) is 0 Å². The third kappa shape index (κ3) is 3.25. The maximum absolute atomic E-state index is 12.6. The summed E-state index contributed by atoms with van der Waals surface area (Å²) >= 11 is 0. The van der Waals surface area contributed by atoms with Crippen LogP contribution in [0.1, 0.15) is 51.9 Å². The van der Waals surface area contributed by atoms with Gasteiger partial charge in [-0.2, -0.15) is 0 Å². The van der Waals surface area contributed by atoms with Gasteiger partial charge in [0, 0.05) is 25.0 Å². The first-order valence-electron chi connectivity index (χ1n) is 7.68. The van der Waals surface area contributed by atoms with Crippen LogP contribution in [0.3, 0.4) is 0 Å². The van der Waals surface area contributed by atoms with E-state index in [0.717, 1.165) is 32.4 Å². The van der Waals surface area contributed by atoms with Crippen LogP contribution in [0, 0.1) is 11.8 Å². The highest BCUT2D eigenvalue weighted by atomic mass is 16.2. The van der Waals surface area contributed by atoms with E-state index in [9.17, 15) is 4.79 Å². The molecule has 1 aliphatic carbocycles. The van der Waals surface area contributed by atoms with Crippen LogP contribution in [0.5, 0.6) is 0 Å². The van der Waals surface area contributed by atoms with Crippen molar-refractivity contribution in [3.8, 4) is 0 Å². The SMILES string of the molecule is CNC1CCN(C(=O)C2CCCCCC2)CC1C. The molecule has 0 aromatic carbocycles. The minimum atomic E-state index is 0.325. The predicted octanol–water partition coefficient (Wildman–Crippen LogP) is 2.41. The molecule has 2 rings (SSSR count). The van der Waals surface area contributed by atoms with Crippen molar-refractivity contribution >= 4 is 5.91 Å². The predicted molar refractivity (Wildman–Crippen MR) is 74.4 cm³/mol. The minimum absolute atomic E-state index is 0.325. The number of likely N-dealkylation sites (tertiary alicyclic amines) is 1. The van der Waals surface area contributed by atoms with Crippen molar-refractivity contribution in [1.82, 2.24) is 10.2 Å². The molecule has 0 aromatic rings. The van der Waals surface area contributed by atoms with E-state index >= 15 is 0 Å². The van der Waals surface area contributed by atoms with Gasteiger partial charge in [0.05, 0.1) is 0 Å². The molecular formula is C15H28N2O. The van der Waals surface area contributed by atoms with Crippen molar-refractivity contribution < 1.29 is 4.79 Å². The lowest BCUT2D eigenvalue weighted by Gasteiger charge is -2.38. The summed E-state index contributed by atoms with van der Waals surface area (Å²) in [7, 11) is 2.03. The van der Waals surface area contributed by atoms with Gasteiger partial charge in [-0.1, -0.05) is 32.6 Å². The highest BCUT2D eigenvalue weighted by molar-refractivity contribution is 5.79. The molecule has 1 amide bonds.